The molecule has 1 heterocycles. The molecule has 0 saturated heterocycles. The smallest absolute Gasteiger partial charge is 0.230 e. The third-order valence-corrected chi connectivity index (χ3v) is 7.22. The van der Waals surface area contributed by atoms with Crippen molar-refractivity contribution in [3.05, 3.63) is 66.6 Å². The van der Waals surface area contributed by atoms with Crippen LogP contribution in [0.15, 0.2) is 76.2 Å². The van der Waals surface area contributed by atoms with Crippen LogP contribution in [-0.2, 0) is 6.61 Å². The van der Waals surface area contributed by atoms with Crippen LogP contribution in [0.2, 0.25) is 19.6 Å². The summed E-state index contributed by atoms with van der Waals surface area (Å²) in [6.07, 6.45) is 3.30. The number of hydrogen-bond donors (Lipinski definition) is 0. The van der Waals surface area contributed by atoms with Crippen molar-refractivity contribution < 1.29 is 4.74 Å². The van der Waals surface area contributed by atoms with Crippen molar-refractivity contribution in [2.24, 2.45) is 10.2 Å². The Balaban J connectivity index is 1.60. The van der Waals surface area contributed by atoms with E-state index in [0.29, 0.717) is 12.5 Å². The van der Waals surface area contributed by atoms with Crippen LogP contribution >= 0.6 is 11.8 Å². The van der Waals surface area contributed by atoms with Crippen molar-refractivity contribution in [2.45, 2.75) is 38.1 Å². The normalized spacial score (nSPS) is 11.7. The maximum absolute atomic E-state index is 5.86. The third-order valence-electron chi connectivity index (χ3n) is 4.27. The van der Waals surface area contributed by atoms with Gasteiger partial charge < -0.3 is 4.74 Å². The van der Waals surface area contributed by atoms with Gasteiger partial charge in [0.2, 0.25) is 5.88 Å². The first-order valence-corrected chi connectivity index (χ1v) is 14.1. The van der Waals surface area contributed by atoms with Gasteiger partial charge in [0.25, 0.3) is 0 Å². The number of thioether (sulfide) groups is 1. The Bertz CT molecular complexity index is 954. The van der Waals surface area contributed by atoms with E-state index in [1.807, 2.05) is 36.4 Å². The fraction of sp³-hybridized carbons (Fsp3) is 0.273. The molecule has 0 saturated carbocycles. The number of hydrogen-bond acceptors (Lipinski definition) is 6. The van der Waals surface area contributed by atoms with Crippen LogP contribution in [0.1, 0.15) is 12.5 Å². The van der Waals surface area contributed by atoms with E-state index in [9.17, 15) is 0 Å². The van der Waals surface area contributed by atoms with Gasteiger partial charge in [0.1, 0.15) is 12.9 Å². The highest BCUT2D eigenvalue weighted by Gasteiger charge is 2.15. The number of benzene rings is 2. The first kappa shape index (κ1) is 21.2. The first-order valence-electron chi connectivity index (χ1n) is 9.62. The van der Waals surface area contributed by atoms with Gasteiger partial charge in [-0.2, -0.15) is 10.2 Å². The predicted octanol–water partition coefficient (Wildman–Crippen LogP) is 6.13. The van der Waals surface area contributed by atoms with Crippen LogP contribution < -0.4 is 9.92 Å². The van der Waals surface area contributed by atoms with E-state index in [4.69, 9.17) is 4.74 Å². The Morgan fingerprint density at radius 1 is 0.931 bits per heavy atom. The molecular weight excluding hydrogens is 396 g/mol. The second-order valence-corrected chi connectivity index (χ2v) is 14.0. The molecule has 0 aliphatic rings. The Kier molecular flexibility index (Phi) is 7.17. The number of ether oxygens (including phenoxy) is 1. The molecule has 0 aliphatic heterocycles. The fourth-order valence-corrected chi connectivity index (χ4v) is 4.47. The van der Waals surface area contributed by atoms with Crippen LogP contribution in [0, 0.1) is 0 Å². The minimum absolute atomic E-state index is 0.448. The molecule has 1 aromatic heterocycles. The average molecular weight is 423 g/mol. The minimum Gasteiger partial charge on any atom is -0.472 e. The summed E-state index contributed by atoms with van der Waals surface area (Å²) in [6.45, 7) is 9.55. The highest BCUT2D eigenvalue weighted by Crippen LogP contribution is 2.26. The topological polar surface area (TPSA) is 59.7 Å². The lowest BCUT2D eigenvalue weighted by molar-refractivity contribution is 0.285. The molecule has 0 spiro atoms. The summed E-state index contributed by atoms with van der Waals surface area (Å²) in [5.74, 6) is 1.57. The number of rotatable bonds is 8. The molecule has 0 fully saturated rings. The summed E-state index contributed by atoms with van der Waals surface area (Å²) >= 11 is 1.67. The fourth-order valence-electron chi connectivity index (χ4n) is 2.62. The molecule has 2 aromatic carbocycles. The van der Waals surface area contributed by atoms with E-state index in [2.05, 4.69) is 58.9 Å². The summed E-state index contributed by atoms with van der Waals surface area (Å²) in [4.78, 5) is 9.25. The zero-order chi connectivity index (χ0) is 20.7. The quantitative estimate of drug-likeness (QED) is 0.249. The van der Waals surface area contributed by atoms with Crippen molar-refractivity contribution >= 4 is 36.4 Å². The SMILES string of the molecule is CCSc1cncnc1OCc1ccc(N=Nc2ccc([Si](C)(C)C)cc2)cc1. The summed E-state index contributed by atoms with van der Waals surface area (Å²) in [5.41, 5.74) is 2.73. The molecule has 150 valence electrons. The number of aromatic nitrogens is 2. The van der Waals surface area contributed by atoms with Gasteiger partial charge >= 0.3 is 0 Å². The highest BCUT2D eigenvalue weighted by atomic mass is 32.2. The molecular formula is C22H26N4OSSi. The average Bonchev–Trinajstić information content (AvgIpc) is 2.72. The summed E-state index contributed by atoms with van der Waals surface area (Å²) < 4.78 is 5.86. The van der Waals surface area contributed by atoms with E-state index in [0.717, 1.165) is 27.6 Å². The molecule has 0 unspecified atom stereocenters. The zero-order valence-corrected chi connectivity index (χ0v) is 19.1. The van der Waals surface area contributed by atoms with Crippen molar-refractivity contribution in [1.29, 1.82) is 0 Å². The molecule has 0 N–H and O–H groups in total. The number of azo groups is 1. The first-order chi connectivity index (χ1) is 14.0. The highest BCUT2D eigenvalue weighted by molar-refractivity contribution is 7.99. The second-order valence-electron chi connectivity index (χ2n) is 7.58. The van der Waals surface area contributed by atoms with Gasteiger partial charge in [-0.1, -0.05) is 56.0 Å². The summed E-state index contributed by atoms with van der Waals surface area (Å²) in [7, 11) is -1.28. The molecule has 3 aromatic rings. The van der Waals surface area contributed by atoms with E-state index in [-0.39, 0.29) is 0 Å². The minimum atomic E-state index is -1.28. The van der Waals surface area contributed by atoms with Crippen LogP contribution in [0.25, 0.3) is 0 Å². The standard InChI is InChI=1S/C22H26N4OSSi/c1-5-28-21-14-23-16-24-22(21)27-15-17-6-8-18(9-7-17)25-26-19-10-12-20(13-11-19)29(2,3)4/h6-14,16H,5,15H2,1-4H3. The Labute approximate surface area is 177 Å². The van der Waals surface area contributed by atoms with E-state index >= 15 is 0 Å². The van der Waals surface area contributed by atoms with Crippen LogP contribution in [0.4, 0.5) is 11.4 Å². The summed E-state index contributed by atoms with van der Waals surface area (Å²) in [5, 5.41) is 10.1. The molecule has 0 bridgehead atoms. The molecule has 5 nitrogen and oxygen atoms in total. The van der Waals surface area contributed by atoms with Crippen molar-refractivity contribution in [2.75, 3.05) is 5.75 Å². The molecule has 0 amide bonds. The Hall–Kier alpha value is -2.51. The molecule has 0 atom stereocenters. The van der Waals surface area contributed by atoms with Gasteiger partial charge in [-0.25, -0.2) is 9.97 Å². The van der Waals surface area contributed by atoms with E-state index in [1.54, 1.807) is 18.0 Å². The maximum Gasteiger partial charge on any atom is 0.230 e. The van der Waals surface area contributed by atoms with Crippen molar-refractivity contribution in [3.8, 4) is 5.88 Å². The van der Waals surface area contributed by atoms with Gasteiger partial charge in [-0.3, -0.25) is 0 Å². The predicted molar refractivity (Wildman–Crippen MR) is 123 cm³/mol. The van der Waals surface area contributed by atoms with Crippen molar-refractivity contribution in [1.82, 2.24) is 9.97 Å². The van der Waals surface area contributed by atoms with Crippen LogP contribution in [0.3, 0.4) is 0 Å². The summed E-state index contributed by atoms with van der Waals surface area (Å²) in [6, 6.07) is 16.3. The molecule has 29 heavy (non-hydrogen) atoms. The second kappa shape index (κ2) is 9.80. The van der Waals surface area contributed by atoms with Gasteiger partial charge in [-0.05, 0) is 35.6 Å². The maximum atomic E-state index is 5.86. The molecule has 0 aliphatic carbocycles. The largest absolute Gasteiger partial charge is 0.472 e. The van der Waals surface area contributed by atoms with Crippen LogP contribution in [0.5, 0.6) is 5.88 Å². The third kappa shape index (κ3) is 6.23. The lowest BCUT2D eigenvalue weighted by Gasteiger charge is -2.15. The monoisotopic (exact) mass is 422 g/mol. The number of nitrogens with zero attached hydrogens (tertiary/aromatic N) is 4. The molecule has 0 radical (unpaired) electrons. The zero-order valence-electron chi connectivity index (χ0n) is 17.3. The van der Waals surface area contributed by atoms with Gasteiger partial charge in [0.15, 0.2) is 0 Å². The Morgan fingerprint density at radius 3 is 2.14 bits per heavy atom. The van der Waals surface area contributed by atoms with E-state index in [1.165, 1.54) is 11.5 Å². The lowest BCUT2D eigenvalue weighted by atomic mass is 10.2. The molecule has 7 heteroatoms. The van der Waals surface area contributed by atoms with Crippen molar-refractivity contribution in [3.63, 3.8) is 0 Å². The Morgan fingerprint density at radius 2 is 1.55 bits per heavy atom. The van der Waals surface area contributed by atoms with Gasteiger partial charge in [-0.15, -0.1) is 11.8 Å². The van der Waals surface area contributed by atoms with E-state index < -0.39 is 8.07 Å². The van der Waals surface area contributed by atoms with Crippen LogP contribution in [-0.4, -0.2) is 23.8 Å². The molecule has 3 rings (SSSR count). The van der Waals surface area contributed by atoms with Gasteiger partial charge in [0.05, 0.1) is 24.3 Å². The lowest BCUT2D eigenvalue weighted by Crippen LogP contribution is -2.37. The van der Waals surface area contributed by atoms with Gasteiger partial charge in [0, 0.05) is 6.20 Å².